The quantitative estimate of drug-likeness (QED) is 0.748. The predicted molar refractivity (Wildman–Crippen MR) is 106 cm³/mol. The Hall–Kier alpha value is -2.34. The Morgan fingerprint density at radius 3 is 2.23 bits per heavy atom. The zero-order valence-electron chi connectivity index (χ0n) is 15.8. The van der Waals surface area contributed by atoms with Gasteiger partial charge in [-0.05, 0) is 42.7 Å². The van der Waals surface area contributed by atoms with Crippen molar-refractivity contribution >= 4 is 21.6 Å². The van der Waals surface area contributed by atoms with E-state index in [0.717, 1.165) is 16.7 Å². The van der Waals surface area contributed by atoms with Crippen molar-refractivity contribution in [1.82, 2.24) is 4.90 Å². The topological polar surface area (TPSA) is 57.7 Å². The highest BCUT2D eigenvalue weighted by Gasteiger charge is 2.20. The van der Waals surface area contributed by atoms with Crippen LogP contribution in [0.5, 0.6) is 0 Å². The second kappa shape index (κ2) is 8.36. The van der Waals surface area contributed by atoms with Gasteiger partial charge < -0.3 is 4.90 Å². The van der Waals surface area contributed by atoms with Crippen LogP contribution >= 0.6 is 0 Å². The standard InChI is InChI=1S/C20H26N2O3S/c1-16-10-11-19(14-17(16)2)22(26(4,24)25)13-12-20(23)21(3)15-18-8-6-5-7-9-18/h5-11,14H,12-13,15H2,1-4H3. The molecular weight excluding hydrogens is 348 g/mol. The van der Waals surface area contributed by atoms with Crippen LogP contribution in [0.15, 0.2) is 48.5 Å². The molecule has 0 N–H and O–H groups in total. The van der Waals surface area contributed by atoms with Crippen molar-refractivity contribution in [2.24, 2.45) is 0 Å². The van der Waals surface area contributed by atoms with Crippen LogP contribution in [0.3, 0.4) is 0 Å². The third-order valence-electron chi connectivity index (χ3n) is 4.40. The van der Waals surface area contributed by atoms with E-state index in [1.807, 2.05) is 56.3 Å². The minimum absolute atomic E-state index is 0.0914. The summed E-state index contributed by atoms with van der Waals surface area (Å²) in [5.41, 5.74) is 3.75. The lowest BCUT2D eigenvalue weighted by Gasteiger charge is -2.24. The SMILES string of the molecule is Cc1ccc(N(CCC(=O)N(C)Cc2ccccc2)S(C)(=O)=O)cc1C. The Labute approximate surface area is 156 Å². The molecule has 0 spiro atoms. The molecule has 0 atom stereocenters. The largest absolute Gasteiger partial charge is 0.341 e. The predicted octanol–water partition coefficient (Wildman–Crippen LogP) is 3.12. The summed E-state index contributed by atoms with van der Waals surface area (Å²) in [7, 11) is -1.73. The Kier molecular flexibility index (Phi) is 6.42. The van der Waals surface area contributed by atoms with Crippen molar-refractivity contribution in [3.63, 3.8) is 0 Å². The molecule has 140 valence electrons. The van der Waals surface area contributed by atoms with E-state index in [2.05, 4.69) is 0 Å². The second-order valence-corrected chi connectivity index (χ2v) is 8.50. The van der Waals surface area contributed by atoms with Crippen LogP contribution in [0, 0.1) is 13.8 Å². The lowest BCUT2D eigenvalue weighted by molar-refractivity contribution is -0.130. The molecule has 5 nitrogen and oxygen atoms in total. The van der Waals surface area contributed by atoms with Gasteiger partial charge >= 0.3 is 0 Å². The van der Waals surface area contributed by atoms with Gasteiger partial charge in [-0.1, -0.05) is 36.4 Å². The Morgan fingerprint density at radius 2 is 1.65 bits per heavy atom. The number of benzene rings is 2. The molecule has 2 rings (SSSR count). The molecule has 0 saturated heterocycles. The summed E-state index contributed by atoms with van der Waals surface area (Å²) in [4.78, 5) is 14.1. The highest BCUT2D eigenvalue weighted by Crippen LogP contribution is 2.21. The fourth-order valence-corrected chi connectivity index (χ4v) is 3.62. The van der Waals surface area contributed by atoms with Crippen molar-refractivity contribution in [3.05, 3.63) is 65.2 Å². The zero-order chi connectivity index (χ0) is 19.3. The molecule has 1 amide bonds. The summed E-state index contributed by atoms with van der Waals surface area (Å²) in [6.45, 7) is 4.55. The van der Waals surface area contributed by atoms with Crippen molar-refractivity contribution in [2.45, 2.75) is 26.8 Å². The number of aryl methyl sites for hydroxylation is 2. The van der Waals surface area contributed by atoms with Crippen LogP contribution in [0.2, 0.25) is 0 Å². The number of hydrogen-bond donors (Lipinski definition) is 0. The number of carbonyl (C=O) groups is 1. The number of hydrogen-bond acceptors (Lipinski definition) is 3. The highest BCUT2D eigenvalue weighted by molar-refractivity contribution is 7.92. The molecule has 6 heteroatoms. The number of nitrogens with zero attached hydrogens (tertiary/aromatic N) is 2. The lowest BCUT2D eigenvalue weighted by atomic mass is 10.1. The van der Waals surface area contributed by atoms with Crippen molar-refractivity contribution in [1.29, 1.82) is 0 Å². The Bertz CT molecular complexity index is 864. The average molecular weight is 375 g/mol. The lowest BCUT2D eigenvalue weighted by Crippen LogP contribution is -2.35. The molecular formula is C20H26N2O3S. The minimum atomic E-state index is -3.47. The summed E-state index contributed by atoms with van der Waals surface area (Å²) in [6, 6.07) is 15.2. The number of amides is 1. The van der Waals surface area contributed by atoms with Gasteiger partial charge in [0, 0.05) is 26.6 Å². The highest BCUT2D eigenvalue weighted by atomic mass is 32.2. The molecule has 0 aromatic heterocycles. The third-order valence-corrected chi connectivity index (χ3v) is 5.59. The van der Waals surface area contributed by atoms with Crippen LogP contribution in [-0.2, 0) is 21.4 Å². The first-order valence-corrected chi connectivity index (χ1v) is 10.4. The monoisotopic (exact) mass is 374 g/mol. The molecule has 26 heavy (non-hydrogen) atoms. The summed E-state index contributed by atoms with van der Waals surface area (Å²) in [5.74, 6) is -0.0914. The molecule has 0 saturated carbocycles. The zero-order valence-corrected chi connectivity index (χ0v) is 16.6. The number of anilines is 1. The van der Waals surface area contributed by atoms with Crippen molar-refractivity contribution in [3.8, 4) is 0 Å². The summed E-state index contributed by atoms with van der Waals surface area (Å²) in [6.07, 6.45) is 1.30. The maximum absolute atomic E-state index is 12.4. The average Bonchev–Trinajstić information content (AvgIpc) is 2.57. The number of sulfonamides is 1. The van der Waals surface area contributed by atoms with Gasteiger partial charge in [0.05, 0.1) is 11.9 Å². The van der Waals surface area contributed by atoms with Crippen LogP contribution in [0.4, 0.5) is 5.69 Å². The van der Waals surface area contributed by atoms with Gasteiger partial charge in [0.2, 0.25) is 15.9 Å². The maximum Gasteiger partial charge on any atom is 0.232 e. The van der Waals surface area contributed by atoms with Crippen molar-refractivity contribution in [2.75, 3.05) is 24.2 Å². The molecule has 0 heterocycles. The van der Waals surface area contributed by atoms with Crippen LogP contribution in [-0.4, -0.2) is 39.1 Å². The fraction of sp³-hybridized carbons (Fsp3) is 0.350. The molecule has 0 aliphatic carbocycles. The number of carbonyl (C=O) groups excluding carboxylic acids is 1. The van der Waals surface area contributed by atoms with E-state index in [9.17, 15) is 13.2 Å². The normalized spacial score (nSPS) is 11.2. The first-order valence-electron chi connectivity index (χ1n) is 8.51. The van der Waals surface area contributed by atoms with Gasteiger partial charge in [-0.3, -0.25) is 9.10 Å². The molecule has 2 aromatic rings. The van der Waals surface area contributed by atoms with E-state index < -0.39 is 10.0 Å². The molecule has 0 fully saturated rings. The smallest absolute Gasteiger partial charge is 0.232 e. The van der Waals surface area contributed by atoms with Crippen LogP contribution < -0.4 is 4.31 Å². The molecule has 0 unspecified atom stereocenters. The fourth-order valence-electron chi connectivity index (χ4n) is 2.70. The summed E-state index contributed by atoms with van der Waals surface area (Å²) >= 11 is 0. The van der Waals surface area contributed by atoms with Gasteiger partial charge in [-0.25, -0.2) is 8.42 Å². The van der Waals surface area contributed by atoms with E-state index in [4.69, 9.17) is 0 Å². The van der Waals surface area contributed by atoms with Crippen LogP contribution in [0.25, 0.3) is 0 Å². The Balaban J connectivity index is 2.07. The molecule has 2 aromatic carbocycles. The maximum atomic E-state index is 12.4. The van der Waals surface area contributed by atoms with Crippen LogP contribution in [0.1, 0.15) is 23.1 Å². The molecule has 0 bridgehead atoms. The third kappa shape index (κ3) is 5.33. The molecule has 0 aliphatic heterocycles. The Morgan fingerprint density at radius 1 is 1.00 bits per heavy atom. The van der Waals surface area contributed by atoms with Gasteiger partial charge in [-0.2, -0.15) is 0 Å². The van der Waals surface area contributed by atoms with E-state index in [0.29, 0.717) is 12.2 Å². The van der Waals surface area contributed by atoms with Gasteiger partial charge in [0.1, 0.15) is 0 Å². The van der Waals surface area contributed by atoms with E-state index >= 15 is 0 Å². The number of rotatable bonds is 7. The molecule has 0 radical (unpaired) electrons. The second-order valence-electron chi connectivity index (χ2n) is 6.59. The first-order chi connectivity index (χ1) is 12.2. The first kappa shape index (κ1) is 20.0. The molecule has 0 aliphatic rings. The summed E-state index contributed by atoms with van der Waals surface area (Å²) in [5, 5.41) is 0. The van der Waals surface area contributed by atoms with E-state index in [-0.39, 0.29) is 18.9 Å². The van der Waals surface area contributed by atoms with Gasteiger partial charge in [0.15, 0.2) is 0 Å². The summed E-state index contributed by atoms with van der Waals surface area (Å²) < 4.78 is 25.7. The van der Waals surface area contributed by atoms with Gasteiger partial charge in [0.25, 0.3) is 0 Å². The van der Waals surface area contributed by atoms with Gasteiger partial charge in [-0.15, -0.1) is 0 Å². The van der Waals surface area contributed by atoms with E-state index in [1.165, 1.54) is 10.6 Å². The minimum Gasteiger partial charge on any atom is -0.341 e. The van der Waals surface area contributed by atoms with Crippen molar-refractivity contribution < 1.29 is 13.2 Å². The van der Waals surface area contributed by atoms with E-state index in [1.54, 1.807) is 18.0 Å².